The maximum atomic E-state index is 6.04. The highest BCUT2D eigenvalue weighted by molar-refractivity contribution is 6.30. The number of guanidine groups is 1. The monoisotopic (exact) mass is 292 g/mol. The second kappa shape index (κ2) is 5.25. The van der Waals surface area contributed by atoms with E-state index in [4.69, 9.17) is 22.1 Å². The molecule has 2 heterocycles. The van der Waals surface area contributed by atoms with Gasteiger partial charge in [-0.25, -0.2) is 4.99 Å². The molecule has 0 bridgehead atoms. The van der Waals surface area contributed by atoms with Gasteiger partial charge in [-0.1, -0.05) is 11.6 Å². The fourth-order valence-electron chi connectivity index (χ4n) is 2.67. The number of hydrogen-bond donors (Lipinski definition) is 2. The molecule has 3 rings (SSSR count). The number of ether oxygens (including phenoxy) is 1. The van der Waals surface area contributed by atoms with Crippen LogP contribution in [0.1, 0.15) is 12.0 Å². The predicted octanol–water partition coefficient (Wildman–Crippen LogP) is 1.77. The van der Waals surface area contributed by atoms with Gasteiger partial charge in [0.2, 0.25) is 0 Å². The van der Waals surface area contributed by atoms with Crippen molar-refractivity contribution in [2.75, 3.05) is 18.6 Å². The molecule has 0 amide bonds. The van der Waals surface area contributed by atoms with Crippen LogP contribution < -0.4 is 20.7 Å². The van der Waals surface area contributed by atoms with Gasteiger partial charge in [-0.05, 0) is 42.7 Å². The van der Waals surface area contributed by atoms with Crippen LogP contribution in [-0.2, 0) is 6.42 Å². The molecule has 20 heavy (non-hydrogen) atoms. The molecule has 106 valence electrons. The molecular formula is C14H17ClN4O. The molecule has 0 aromatic heterocycles. The zero-order valence-corrected chi connectivity index (χ0v) is 12.0. The Morgan fingerprint density at radius 2 is 2.35 bits per heavy atom. The van der Waals surface area contributed by atoms with Crippen LogP contribution in [0, 0.1) is 0 Å². The van der Waals surface area contributed by atoms with E-state index in [1.165, 1.54) is 11.3 Å². The molecule has 0 aliphatic carbocycles. The van der Waals surface area contributed by atoms with Crippen LogP contribution >= 0.6 is 11.6 Å². The van der Waals surface area contributed by atoms with Crippen molar-refractivity contribution in [1.82, 2.24) is 5.32 Å². The quantitative estimate of drug-likeness (QED) is 0.816. The Morgan fingerprint density at radius 1 is 1.50 bits per heavy atom. The molecule has 0 saturated heterocycles. The molecule has 1 atom stereocenters. The molecule has 1 unspecified atom stereocenters. The lowest BCUT2D eigenvalue weighted by Crippen LogP contribution is -2.43. The second-order valence-corrected chi connectivity index (χ2v) is 5.27. The van der Waals surface area contributed by atoms with Crippen molar-refractivity contribution < 1.29 is 4.74 Å². The van der Waals surface area contributed by atoms with Crippen LogP contribution in [0.3, 0.4) is 0 Å². The lowest BCUT2D eigenvalue weighted by molar-refractivity contribution is 0.414. The van der Waals surface area contributed by atoms with Crippen molar-refractivity contribution in [3.8, 4) is 5.75 Å². The number of hydrogen-bond acceptors (Lipinski definition) is 5. The molecule has 1 aromatic carbocycles. The number of anilines is 1. The molecule has 3 N–H and O–H groups in total. The van der Waals surface area contributed by atoms with Crippen LogP contribution in [0.25, 0.3) is 0 Å². The van der Waals surface area contributed by atoms with Gasteiger partial charge in [0.1, 0.15) is 17.1 Å². The number of fused-ring (bicyclic) bond motifs is 1. The number of rotatable bonds is 2. The van der Waals surface area contributed by atoms with Crippen molar-refractivity contribution in [2.45, 2.75) is 19.0 Å². The van der Waals surface area contributed by atoms with E-state index in [0.717, 1.165) is 25.1 Å². The number of aliphatic imine (C=N–C) groups is 1. The molecule has 2 aliphatic rings. The highest BCUT2D eigenvalue weighted by Crippen LogP contribution is 2.32. The summed E-state index contributed by atoms with van der Waals surface area (Å²) in [6.45, 7) is 0.932. The lowest BCUT2D eigenvalue weighted by Gasteiger charge is -2.36. The van der Waals surface area contributed by atoms with Gasteiger partial charge in [-0.15, -0.1) is 0 Å². The summed E-state index contributed by atoms with van der Waals surface area (Å²) < 4.78 is 5.29. The number of halogens is 1. The molecule has 6 heteroatoms. The normalized spacial score (nSPS) is 21.5. The highest BCUT2D eigenvalue weighted by Gasteiger charge is 2.25. The van der Waals surface area contributed by atoms with E-state index in [1.54, 1.807) is 7.11 Å². The minimum atomic E-state index is -0.156. The van der Waals surface area contributed by atoms with E-state index in [1.807, 2.05) is 12.1 Å². The Balaban J connectivity index is 1.95. The highest BCUT2D eigenvalue weighted by atomic mass is 35.5. The predicted molar refractivity (Wildman–Crippen MR) is 81.1 cm³/mol. The summed E-state index contributed by atoms with van der Waals surface area (Å²) in [6.07, 6.45) is 3.84. The van der Waals surface area contributed by atoms with E-state index in [-0.39, 0.29) is 6.17 Å². The Hall–Kier alpha value is -1.88. The summed E-state index contributed by atoms with van der Waals surface area (Å²) in [6, 6.07) is 6.13. The van der Waals surface area contributed by atoms with E-state index in [9.17, 15) is 0 Å². The molecule has 0 radical (unpaired) electrons. The van der Waals surface area contributed by atoms with Crippen molar-refractivity contribution in [3.05, 3.63) is 35.0 Å². The summed E-state index contributed by atoms with van der Waals surface area (Å²) >= 11 is 6.04. The average Bonchev–Trinajstić information content (AvgIpc) is 2.45. The molecule has 2 aliphatic heterocycles. The van der Waals surface area contributed by atoms with Gasteiger partial charge in [0.15, 0.2) is 5.96 Å². The third-order valence-electron chi connectivity index (χ3n) is 3.57. The van der Waals surface area contributed by atoms with Crippen molar-refractivity contribution in [1.29, 1.82) is 0 Å². The largest absolute Gasteiger partial charge is 0.497 e. The van der Waals surface area contributed by atoms with E-state index >= 15 is 0 Å². The van der Waals surface area contributed by atoms with Gasteiger partial charge < -0.3 is 20.7 Å². The maximum Gasteiger partial charge on any atom is 0.196 e. The molecule has 1 aromatic rings. The zero-order chi connectivity index (χ0) is 14.1. The Morgan fingerprint density at radius 3 is 3.10 bits per heavy atom. The third-order valence-corrected chi connectivity index (χ3v) is 3.80. The topological polar surface area (TPSA) is 62.9 Å². The van der Waals surface area contributed by atoms with Crippen molar-refractivity contribution in [2.24, 2.45) is 10.7 Å². The number of methoxy groups -OCH3 is 1. The van der Waals surface area contributed by atoms with Gasteiger partial charge in [-0.3, -0.25) is 0 Å². The van der Waals surface area contributed by atoms with Gasteiger partial charge >= 0.3 is 0 Å². The standard InChI is InChI=1S/C14H17ClN4O/c1-20-10-4-5-11-9(7-10)3-2-6-19(11)13-8-12(15)17-14(16)18-13/h4-5,7-8,13H,2-3,6H2,1H3,(H3,16,17,18). The molecule has 0 saturated carbocycles. The summed E-state index contributed by atoms with van der Waals surface area (Å²) in [5.41, 5.74) is 8.19. The molecule has 0 fully saturated rings. The minimum Gasteiger partial charge on any atom is -0.497 e. The summed E-state index contributed by atoms with van der Waals surface area (Å²) in [5, 5.41) is 3.31. The first-order valence-corrected chi connectivity index (χ1v) is 6.96. The average molecular weight is 293 g/mol. The van der Waals surface area contributed by atoms with Gasteiger partial charge in [0.05, 0.1) is 7.11 Å². The lowest BCUT2D eigenvalue weighted by atomic mass is 10.0. The van der Waals surface area contributed by atoms with E-state index < -0.39 is 0 Å². The number of nitrogens with one attached hydrogen (secondary N) is 1. The molecular weight excluding hydrogens is 276 g/mol. The summed E-state index contributed by atoms with van der Waals surface area (Å²) in [5.74, 6) is 1.23. The smallest absolute Gasteiger partial charge is 0.196 e. The molecule has 0 spiro atoms. The fourth-order valence-corrected chi connectivity index (χ4v) is 2.88. The first kappa shape index (κ1) is 13.1. The Bertz CT molecular complexity index is 567. The number of nitrogens with two attached hydrogens (primary N) is 1. The fraction of sp³-hybridized carbons (Fsp3) is 0.357. The number of nitrogens with zero attached hydrogens (tertiary/aromatic N) is 2. The maximum absolute atomic E-state index is 6.04. The molecule has 5 nitrogen and oxygen atoms in total. The van der Waals surface area contributed by atoms with Crippen molar-refractivity contribution >= 4 is 23.2 Å². The minimum absolute atomic E-state index is 0.156. The summed E-state index contributed by atoms with van der Waals surface area (Å²) in [7, 11) is 1.68. The summed E-state index contributed by atoms with van der Waals surface area (Å²) in [4.78, 5) is 6.63. The first-order chi connectivity index (χ1) is 9.67. The van der Waals surface area contributed by atoms with Gasteiger partial charge in [0.25, 0.3) is 0 Å². The van der Waals surface area contributed by atoms with E-state index in [0.29, 0.717) is 11.1 Å². The first-order valence-electron chi connectivity index (χ1n) is 6.58. The van der Waals surface area contributed by atoms with E-state index in [2.05, 4.69) is 27.3 Å². The second-order valence-electron chi connectivity index (χ2n) is 4.86. The number of aryl methyl sites for hydroxylation is 1. The van der Waals surface area contributed by atoms with Crippen LogP contribution in [0.5, 0.6) is 5.75 Å². The van der Waals surface area contributed by atoms with Gasteiger partial charge in [-0.2, -0.15) is 0 Å². The SMILES string of the molecule is COc1ccc2c(c1)CCCN2C1C=C(Cl)NC(N)=N1. The Labute approximate surface area is 123 Å². The zero-order valence-electron chi connectivity index (χ0n) is 11.3. The third kappa shape index (κ3) is 2.41. The van der Waals surface area contributed by atoms with Crippen LogP contribution in [0.4, 0.5) is 5.69 Å². The van der Waals surface area contributed by atoms with Crippen LogP contribution in [-0.4, -0.2) is 25.8 Å². The van der Waals surface area contributed by atoms with Crippen LogP contribution in [0.15, 0.2) is 34.4 Å². The van der Waals surface area contributed by atoms with Gasteiger partial charge in [0, 0.05) is 12.2 Å². The Kier molecular flexibility index (Phi) is 3.44. The van der Waals surface area contributed by atoms with Crippen LogP contribution in [0.2, 0.25) is 0 Å². The number of benzene rings is 1. The van der Waals surface area contributed by atoms with Crippen molar-refractivity contribution in [3.63, 3.8) is 0 Å².